The van der Waals surface area contributed by atoms with Gasteiger partial charge in [0.1, 0.15) is 0 Å². The molecule has 0 aliphatic rings. The fourth-order valence-corrected chi connectivity index (χ4v) is 2.82. The molecule has 1 rings (SSSR count). The van der Waals surface area contributed by atoms with E-state index >= 15 is 0 Å². The number of hydrogen-bond acceptors (Lipinski definition) is 2. The zero-order valence-corrected chi connectivity index (χ0v) is 14.7. The highest BCUT2D eigenvalue weighted by Gasteiger charge is 2.02. The minimum Gasteiger partial charge on any atom is -0.504 e. The number of phenols is 1. The molecule has 1 N–H and O–H groups in total. The molecule has 0 aromatic heterocycles. The van der Waals surface area contributed by atoms with Crippen molar-refractivity contribution in [3.8, 4) is 11.5 Å². The highest BCUT2D eigenvalue weighted by molar-refractivity contribution is 5.41. The van der Waals surface area contributed by atoms with E-state index in [1.54, 1.807) is 13.2 Å². The summed E-state index contributed by atoms with van der Waals surface area (Å²) >= 11 is 0. The third kappa shape index (κ3) is 8.31. The maximum absolute atomic E-state index is 9.57. The molecule has 0 unspecified atom stereocenters. The smallest absolute Gasteiger partial charge is 0.160 e. The SMILES string of the molecule is COc1cc(CCCCCCCCCCC(C)C)ccc1O. The molecule has 0 amide bonds. The second kappa shape index (κ2) is 11.4. The molecule has 0 radical (unpaired) electrons. The van der Waals surface area contributed by atoms with E-state index in [2.05, 4.69) is 13.8 Å². The van der Waals surface area contributed by atoms with E-state index < -0.39 is 0 Å². The third-order valence-corrected chi connectivity index (χ3v) is 4.24. The Balaban J connectivity index is 1.99. The molecule has 2 nitrogen and oxygen atoms in total. The van der Waals surface area contributed by atoms with Gasteiger partial charge in [-0.15, -0.1) is 0 Å². The van der Waals surface area contributed by atoms with Crippen LogP contribution in [0.15, 0.2) is 18.2 Å². The van der Waals surface area contributed by atoms with Crippen LogP contribution >= 0.6 is 0 Å². The molecule has 0 aliphatic carbocycles. The maximum atomic E-state index is 9.57. The molecule has 126 valence electrons. The molecule has 22 heavy (non-hydrogen) atoms. The van der Waals surface area contributed by atoms with Gasteiger partial charge in [0.2, 0.25) is 0 Å². The highest BCUT2D eigenvalue weighted by atomic mass is 16.5. The van der Waals surface area contributed by atoms with Crippen LogP contribution in [0.1, 0.15) is 77.2 Å². The molecule has 0 spiro atoms. The number of methoxy groups -OCH3 is 1. The normalized spacial score (nSPS) is 11.1. The van der Waals surface area contributed by atoms with Crippen molar-refractivity contribution in [2.24, 2.45) is 5.92 Å². The topological polar surface area (TPSA) is 29.5 Å². The first kappa shape index (κ1) is 18.9. The molecule has 1 aromatic rings. The van der Waals surface area contributed by atoms with Crippen molar-refractivity contribution in [1.29, 1.82) is 0 Å². The van der Waals surface area contributed by atoms with Gasteiger partial charge in [-0.1, -0.05) is 71.3 Å². The Bertz CT molecular complexity index is 399. The minimum absolute atomic E-state index is 0.226. The summed E-state index contributed by atoms with van der Waals surface area (Å²) in [5, 5.41) is 9.57. The maximum Gasteiger partial charge on any atom is 0.160 e. The molecule has 0 saturated carbocycles. The average Bonchev–Trinajstić information content (AvgIpc) is 2.50. The van der Waals surface area contributed by atoms with Gasteiger partial charge in [-0.05, 0) is 36.5 Å². The Labute approximate surface area is 136 Å². The lowest BCUT2D eigenvalue weighted by Crippen LogP contribution is -1.90. The van der Waals surface area contributed by atoms with E-state index in [4.69, 9.17) is 4.74 Å². The second-order valence-corrected chi connectivity index (χ2v) is 6.77. The lowest BCUT2D eigenvalue weighted by molar-refractivity contribution is 0.373. The van der Waals surface area contributed by atoms with Gasteiger partial charge in [0, 0.05) is 0 Å². The summed E-state index contributed by atoms with van der Waals surface area (Å²) in [5.74, 6) is 1.67. The van der Waals surface area contributed by atoms with Crippen LogP contribution in [0.3, 0.4) is 0 Å². The molecule has 0 saturated heterocycles. The molecule has 2 heteroatoms. The second-order valence-electron chi connectivity index (χ2n) is 6.77. The summed E-state index contributed by atoms with van der Waals surface area (Å²) in [6, 6.07) is 5.67. The number of hydrogen-bond donors (Lipinski definition) is 1. The van der Waals surface area contributed by atoms with Crippen LogP contribution in [0.5, 0.6) is 11.5 Å². The van der Waals surface area contributed by atoms with Crippen LogP contribution in [0, 0.1) is 5.92 Å². The van der Waals surface area contributed by atoms with Crippen LogP contribution in [0.2, 0.25) is 0 Å². The van der Waals surface area contributed by atoms with Crippen molar-refractivity contribution in [2.45, 2.75) is 78.1 Å². The molecule has 1 aromatic carbocycles. The summed E-state index contributed by atoms with van der Waals surface area (Å²) in [5.41, 5.74) is 1.25. The van der Waals surface area contributed by atoms with Gasteiger partial charge in [0.15, 0.2) is 11.5 Å². The monoisotopic (exact) mass is 306 g/mol. The molecule has 0 heterocycles. The fourth-order valence-electron chi connectivity index (χ4n) is 2.82. The van der Waals surface area contributed by atoms with Gasteiger partial charge in [-0.2, -0.15) is 0 Å². The predicted molar refractivity (Wildman–Crippen MR) is 94.8 cm³/mol. The van der Waals surface area contributed by atoms with E-state index in [0.29, 0.717) is 5.75 Å². The highest BCUT2D eigenvalue weighted by Crippen LogP contribution is 2.27. The summed E-state index contributed by atoms with van der Waals surface area (Å²) in [7, 11) is 1.60. The number of phenolic OH excluding ortho intramolecular Hbond substituents is 1. The van der Waals surface area contributed by atoms with Crippen molar-refractivity contribution in [3.05, 3.63) is 23.8 Å². The number of aryl methyl sites for hydroxylation is 1. The van der Waals surface area contributed by atoms with Gasteiger partial charge in [0.05, 0.1) is 7.11 Å². The predicted octanol–water partition coefficient (Wildman–Crippen LogP) is 6.11. The lowest BCUT2D eigenvalue weighted by Gasteiger charge is -2.07. The standard InChI is InChI=1S/C20H34O2/c1-17(2)12-10-8-6-4-5-7-9-11-13-18-14-15-19(21)20(16-18)22-3/h14-17,21H,4-13H2,1-3H3. The van der Waals surface area contributed by atoms with Crippen molar-refractivity contribution >= 4 is 0 Å². The largest absolute Gasteiger partial charge is 0.504 e. The lowest BCUT2D eigenvalue weighted by atomic mass is 10.0. The van der Waals surface area contributed by atoms with Crippen molar-refractivity contribution < 1.29 is 9.84 Å². The van der Waals surface area contributed by atoms with E-state index in [1.165, 1.54) is 63.4 Å². The van der Waals surface area contributed by atoms with E-state index in [9.17, 15) is 5.11 Å². The number of benzene rings is 1. The first-order chi connectivity index (χ1) is 10.6. The Morgan fingerprint density at radius 3 is 2.09 bits per heavy atom. The summed E-state index contributed by atoms with van der Waals surface area (Å²) < 4.78 is 5.14. The number of ether oxygens (including phenoxy) is 1. The van der Waals surface area contributed by atoms with Gasteiger partial charge in [-0.3, -0.25) is 0 Å². The van der Waals surface area contributed by atoms with Crippen molar-refractivity contribution in [3.63, 3.8) is 0 Å². The molecule has 0 bridgehead atoms. The molecule has 0 fully saturated rings. The van der Waals surface area contributed by atoms with Crippen LogP contribution in [-0.4, -0.2) is 12.2 Å². The van der Waals surface area contributed by atoms with Gasteiger partial charge < -0.3 is 9.84 Å². The number of rotatable bonds is 12. The molecular formula is C20H34O2. The van der Waals surface area contributed by atoms with Crippen LogP contribution in [-0.2, 0) is 6.42 Å². The Morgan fingerprint density at radius 1 is 0.909 bits per heavy atom. The van der Waals surface area contributed by atoms with Crippen molar-refractivity contribution in [2.75, 3.05) is 7.11 Å². The Hall–Kier alpha value is -1.18. The number of unbranched alkanes of at least 4 members (excludes halogenated alkanes) is 7. The van der Waals surface area contributed by atoms with Crippen LogP contribution < -0.4 is 4.74 Å². The first-order valence-corrected chi connectivity index (χ1v) is 8.99. The van der Waals surface area contributed by atoms with Crippen LogP contribution in [0.25, 0.3) is 0 Å². The van der Waals surface area contributed by atoms with Gasteiger partial charge in [-0.25, -0.2) is 0 Å². The third-order valence-electron chi connectivity index (χ3n) is 4.24. The summed E-state index contributed by atoms with van der Waals surface area (Å²) in [6.07, 6.45) is 13.3. The zero-order valence-electron chi connectivity index (χ0n) is 14.7. The van der Waals surface area contributed by atoms with E-state index in [1.807, 2.05) is 12.1 Å². The molecular weight excluding hydrogens is 272 g/mol. The number of aromatic hydroxyl groups is 1. The van der Waals surface area contributed by atoms with Crippen LogP contribution in [0.4, 0.5) is 0 Å². The summed E-state index contributed by atoms with van der Waals surface area (Å²) in [6.45, 7) is 4.62. The summed E-state index contributed by atoms with van der Waals surface area (Å²) in [4.78, 5) is 0. The first-order valence-electron chi connectivity index (χ1n) is 8.99. The quantitative estimate of drug-likeness (QED) is 0.472. The van der Waals surface area contributed by atoms with Crippen molar-refractivity contribution in [1.82, 2.24) is 0 Å². The Morgan fingerprint density at radius 2 is 1.50 bits per heavy atom. The minimum atomic E-state index is 0.226. The average molecular weight is 306 g/mol. The van der Waals surface area contributed by atoms with E-state index in [-0.39, 0.29) is 5.75 Å². The fraction of sp³-hybridized carbons (Fsp3) is 0.700. The molecule has 0 atom stereocenters. The van der Waals surface area contributed by atoms with Gasteiger partial charge >= 0.3 is 0 Å². The van der Waals surface area contributed by atoms with E-state index in [0.717, 1.165) is 12.3 Å². The van der Waals surface area contributed by atoms with Gasteiger partial charge in [0.25, 0.3) is 0 Å². The zero-order chi connectivity index (χ0) is 16.2. The molecule has 0 aliphatic heterocycles. The Kier molecular flexibility index (Phi) is 9.77.